The van der Waals surface area contributed by atoms with Gasteiger partial charge in [0.05, 0.1) is 11.4 Å². The minimum absolute atomic E-state index is 0.0369. The van der Waals surface area contributed by atoms with Crippen LogP contribution in [-0.4, -0.2) is 55.1 Å². The van der Waals surface area contributed by atoms with E-state index in [0.29, 0.717) is 5.02 Å². The van der Waals surface area contributed by atoms with Gasteiger partial charge in [0.25, 0.3) is 0 Å². The van der Waals surface area contributed by atoms with E-state index in [4.69, 9.17) is 11.6 Å². The number of likely N-dealkylation sites (N-methyl/N-ethyl adjacent to an activating group) is 1. The summed E-state index contributed by atoms with van der Waals surface area (Å²) in [6.45, 7) is 7.24. The van der Waals surface area contributed by atoms with Gasteiger partial charge in [-0.2, -0.15) is 4.31 Å². The lowest BCUT2D eigenvalue weighted by molar-refractivity contribution is -0.140. The third kappa shape index (κ3) is 7.28. The molecule has 0 spiro atoms. The average Bonchev–Trinajstić information content (AvgIpc) is 2.78. The molecule has 2 aromatic carbocycles. The molecule has 0 saturated carbocycles. The standard InChI is InChI=1S/C24H32ClN3O4S/c1-6-18(3)26-24(30)19(4)28(15-20-9-7-17(2)8-10-20)23(29)16-27(5)33(31,32)22-13-11-21(25)12-14-22/h7-14,18-19H,6,15-16H2,1-5H3,(H,26,30)/t18-,19+/m0/s1. The van der Waals surface area contributed by atoms with Crippen molar-refractivity contribution in [1.82, 2.24) is 14.5 Å². The third-order valence-electron chi connectivity index (χ3n) is 5.52. The van der Waals surface area contributed by atoms with Crippen molar-refractivity contribution in [3.8, 4) is 0 Å². The van der Waals surface area contributed by atoms with Crippen LogP contribution in [0.4, 0.5) is 0 Å². The second-order valence-corrected chi connectivity index (χ2v) is 10.7. The summed E-state index contributed by atoms with van der Waals surface area (Å²) in [5, 5.41) is 3.31. The maximum Gasteiger partial charge on any atom is 0.243 e. The molecule has 33 heavy (non-hydrogen) atoms. The van der Waals surface area contributed by atoms with E-state index in [-0.39, 0.29) is 23.4 Å². The highest BCUT2D eigenvalue weighted by Crippen LogP contribution is 2.18. The fraction of sp³-hybridized carbons (Fsp3) is 0.417. The van der Waals surface area contributed by atoms with E-state index in [2.05, 4.69) is 5.32 Å². The Morgan fingerprint density at radius 3 is 2.15 bits per heavy atom. The molecule has 0 radical (unpaired) electrons. The first-order valence-corrected chi connectivity index (χ1v) is 12.6. The zero-order valence-electron chi connectivity index (χ0n) is 19.7. The van der Waals surface area contributed by atoms with Crippen molar-refractivity contribution in [3.05, 3.63) is 64.7 Å². The maximum atomic E-state index is 13.3. The number of hydrogen-bond donors (Lipinski definition) is 1. The van der Waals surface area contributed by atoms with Crippen molar-refractivity contribution in [1.29, 1.82) is 0 Å². The number of halogens is 1. The molecule has 0 fully saturated rings. The Hall–Kier alpha value is -2.42. The van der Waals surface area contributed by atoms with E-state index >= 15 is 0 Å². The van der Waals surface area contributed by atoms with E-state index in [1.54, 1.807) is 6.92 Å². The number of aryl methyl sites for hydroxylation is 1. The summed E-state index contributed by atoms with van der Waals surface area (Å²) in [5.41, 5.74) is 1.92. The van der Waals surface area contributed by atoms with Crippen LogP contribution in [0, 0.1) is 6.92 Å². The van der Waals surface area contributed by atoms with E-state index < -0.39 is 28.5 Å². The summed E-state index contributed by atoms with van der Waals surface area (Å²) in [5.74, 6) is -0.754. The topological polar surface area (TPSA) is 86.8 Å². The number of carbonyl (C=O) groups is 2. The molecule has 180 valence electrons. The van der Waals surface area contributed by atoms with Crippen molar-refractivity contribution in [2.45, 2.75) is 57.6 Å². The Kier molecular flexibility index (Phi) is 9.46. The summed E-state index contributed by atoms with van der Waals surface area (Å²) in [6, 6.07) is 12.6. The number of hydrogen-bond acceptors (Lipinski definition) is 4. The number of carbonyl (C=O) groups excluding carboxylic acids is 2. The highest BCUT2D eigenvalue weighted by molar-refractivity contribution is 7.89. The van der Waals surface area contributed by atoms with Crippen molar-refractivity contribution in [2.75, 3.05) is 13.6 Å². The predicted molar refractivity (Wildman–Crippen MR) is 130 cm³/mol. The summed E-state index contributed by atoms with van der Waals surface area (Å²) in [7, 11) is -2.56. The molecule has 0 bridgehead atoms. The molecule has 2 atom stereocenters. The fourth-order valence-electron chi connectivity index (χ4n) is 3.09. The van der Waals surface area contributed by atoms with Gasteiger partial charge in [0, 0.05) is 24.7 Å². The molecular formula is C24H32ClN3O4S. The zero-order valence-corrected chi connectivity index (χ0v) is 21.3. The van der Waals surface area contributed by atoms with Crippen molar-refractivity contribution in [2.24, 2.45) is 0 Å². The van der Waals surface area contributed by atoms with E-state index in [1.165, 1.54) is 36.2 Å². The molecule has 2 rings (SSSR count). The number of benzene rings is 2. The van der Waals surface area contributed by atoms with Gasteiger partial charge in [0.2, 0.25) is 21.8 Å². The van der Waals surface area contributed by atoms with Gasteiger partial charge in [0.15, 0.2) is 0 Å². The van der Waals surface area contributed by atoms with Gasteiger partial charge in [-0.15, -0.1) is 0 Å². The molecular weight excluding hydrogens is 462 g/mol. The Morgan fingerprint density at radius 1 is 1.03 bits per heavy atom. The average molecular weight is 494 g/mol. The summed E-state index contributed by atoms with van der Waals surface area (Å²) < 4.78 is 26.8. The number of rotatable bonds is 10. The first-order chi connectivity index (χ1) is 15.4. The molecule has 0 saturated heterocycles. The van der Waals surface area contributed by atoms with Gasteiger partial charge in [-0.3, -0.25) is 9.59 Å². The first kappa shape index (κ1) is 26.8. The lowest BCUT2D eigenvalue weighted by Crippen LogP contribution is -2.51. The van der Waals surface area contributed by atoms with E-state index in [1.807, 2.05) is 45.0 Å². The minimum atomic E-state index is -3.91. The molecule has 0 aliphatic heterocycles. The van der Waals surface area contributed by atoms with Crippen LogP contribution in [0.25, 0.3) is 0 Å². The summed E-state index contributed by atoms with van der Waals surface area (Å²) in [4.78, 5) is 27.5. The van der Waals surface area contributed by atoms with E-state index in [0.717, 1.165) is 21.9 Å². The smallest absolute Gasteiger partial charge is 0.243 e. The zero-order chi connectivity index (χ0) is 24.8. The Balaban J connectivity index is 2.26. The molecule has 2 amide bonds. The van der Waals surface area contributed by atoms with E-state index in [9.17, 15) is 18.0 Å². The van der Waals surface area contributed by atoms with Gasteiger partial charge in [0.1, 0.15) is 6.04 Å². The largest absolute Gasteiger partial charge is 0.352 e. The van der Waals surface area contributed by atoms with Gasteiger partial charge in [-0.1, -0.05) is 48.4 Å². The van der Waals surface area contributed by atoms with Crippen molar-refractivity contribution in [3.63, 3.8) is 0 Å². The maximum absolute atomic E-state index is 13.3. The van der Waals surface area contributed by atoms with Crippen molar-refractivity contribution >= 4 is 33.4 Å². The molecule has 0 unspecified atom stereocenters. The Labute approximate surface area is 201 Å². The van der Waals surface area contributed by atoms with Gasteiger partial charge in [-0.25, -0.2) is 8.42 Å². The van der Waals surface area contributed by atoms with Crippen LogP contribution in [0.15, 0.2) is 53.4 Å². The van der Waals surface area contributed by atoms with Crippen LogP contribution < -0.4 is 5.32 Å². The van der Waals surface area contributed by atoms with Gasteiger partial charge < -0.3 is 10.2 Å². The highest BCUT2D eigenvalue weighted by atomic mass is 35.5. The molecule has 0 aliphatic rings. The monoisotopic (exact) mass is 493 g/mol. The minimum Gasteiger partial charge on any atom is -0.352 e. The van der Waals surface area contributed by atoms with Crippen molar-refractivity contribution < 1.29 is 18.0 Å². The predicted octanol–water partition coefficient (Wildman–Crippen LogP) is 3.60. The molecule has 0 heterocycles. The lowest BCUT2D eigenvalue weighted by atomic mass is 10.1. The SMILES string of the molecule is CC[C@H](C)NC(=O)[C@@H](C)N(Cc1ccc(C)cc1)C(=O)CN(C)S(=O)(=O)c1ccc(Cl)cc1. The van der Waals surface area contributed by atoms with Gasteiger partial charge >= 0.3 is 0 Å². The van der Waals surface area contributed by atoms with Crippen LogP contribution in [0.1, 0.15) is 38.3 Å². The van der Waals surface area contributed by atoms with Crippen LogP contribution >= 0.6 is 11.6 Å². The van der Waals surface area contributed by atoms with Crippen LogP contribution in [0.3, 0.4) is 0 Å². The number of nitrogens with one attached hydrogen (secondary N) is 1. The number of nitrogens with zero attached hydrogens (tertiary/aromatic N) is 2. The summed E-state index contributed by atoms with van der Waals surface area (Å²) in [6.07, 6.45) is 0.756. The van der Waals surface area contributed by atoms with Crippen LogP contribution in [-0.2, 0) is 26.2 Å². The Bertz CT molecular complexity index is 1060. The second kappa shape index (κ2) is 11.6. The molecule has 0 aromatic heterocycles. The van der Waals surface area contributed by atoms with Gasteiger partial charge in [-0.05, 0) is 57.0 Å². The van der Waals surface area contributed by atoms with Crippen LogP contribution in [0.5, 0.6) is 0 Å². The Morgan fingerprint density at radius 2 is 1.61 bits per heavy atom. The fourth-order valence-corrected chi connectivity index (χ4v) is 4.34. The molecule has 9 heteroatoms. The lowest BCUT2D eigenvalue weighted by Gasteiger charge is -2.31. The van der Waals surface area contributed by atoms with Crippen LogP contribution in [0.2, 0.25) is 5.02 Å². The molecule has 0 aliphatic carbocycles. The second-order valence-electron chi connectivity index (χ2n) is 8.22. The third-order valence-corrected chi connectivity index (χ3v) is 7.59. The molecule has 7 nitrogen and oxygen atoms in total. The first-order valence-electron chi connectivity index (χ1n) is 10.8. The quantitative estimate of drug-likeness (QED) is 0.547. The highest BCUT2D eigenvalue weighted by Gasteiger charge is 2.30. The molecule has 1 N–H and O–H groups in total. The molecule has 2 aromatic rings. The summed E-state index contributed by atoms with van der Waals surface area (Å²) >= 11 is 5.86. The number of amides is 2. The number of sulfonamides is 1. The normalized spacial score (nSPS) is 13.4.